The van der Waals surface area contributed by atoms with Crippen molar-refractivity contribution in [3.63, 3.8) is 0 Å². The van der Waals surface area contributed by atoms with Crippen LogP contribution in [0.4, 0.5) is 5.82 Å². The summed E-state index contributed by atoms with van der Waals surface area (Å²) in [7, 11) is 4.02. The monoisotopic (exact) mass is 359 g/mol. The molecule has 0 radical (unpaired) electrons. The minimum atomic E-state index is 0.108. The van der Waals surface area contributed by atoms with Crippen LogP contribution in [0.25, 0.3) is 10.6 Å². The van der Waals surface area contributed by atoms with E-state index in [1.54, 1.807) is 11.3 Å². The number of nitrogens with zero attached hydrogens (tertiary/aromatic N) is 4. The molecule has 2 aromatic heterocycles. The van der Waals surface area contributed by atoms with Crippen LogP contribution in [0, 0.1) is 5.92 Å². The van der Waals surface area contributed by atoms with E-state index in [0.29, 0.717) is 6.54 Å². The predicted octanol–water partition coefficient (Wildman–Crippen LogP) is 2.10. The zero-order chi connectivity index (χ0) is 17.6. The molecule has 0 unspecified atom stereocenters. The first-order valence-corrected chi connectivity index (χ1v) is 9.56. The summed E-state index contributed by atoms with van der Waals surface area (Å²) in [5.74, 6) is 1.18. The van der Waals surface area contributed by atoms with Gasteiger partial charge in [0.2, 0.25) is 5.91 Å². The lowest BCUT2D eigenvalue weighted by Crippen LogP contribution is -2.42. The van der Waals surface area contributed by atoms with Crippen molar-refractivity contribution in [2.24, 2.45) is 5.92 Å². The third kappa shape index (κ3) is 4.76. The molecule has 1 saturated heterocycles. The summed E-state index contributed by atoms with van der Waals surface area (Å²) in [5.41, 5.74) is 0.911. The highest BCUT2D eigenvalue weighted by molar-refractivity contribution is 7.13. The number of nitrogens with one attached hydrogen (secondary N) is 1. The van der Waals surface area contributed by atoms with E-state index in [9.17, 15) is 4.79 Å². The second kappa shape index (κ2) is 8.40. The Morgan fingerprint density at radius 3 is 2.68 bits per heavy atom. The minimum Gasteiger partial charge on any atom is -0.355 e. The summed E-state index contributed by atoms with van der Waals surface area (Å²) in [6, 6.07) is 8.12. The van der Waals surface area contributed by atoms with Crippen molar-refractivity contribution in [2.45, 2.75) is 12.8 Å². The molecular formula is C18H25N5OS. The number of amides is 1. The second-order valence-corrected chi connectivity index (χ2v) is 7.56. The van der Waals surface area contributed by atoms with Gasteiger partial charge < -0.3 is 15.1 Å². The number of carbonyl (C=O) groups is 1. The molecule has 2 aromatic rings. The van der Waals surface area contributed by atoms with Gasteiger partial charge in [0.25, 0.3) is 0 Å². The molecule has 1 aliphatic heterocycles. The molecule has 0 aliphatic carbocycles. The van der Waals surface area contributed by atoms with Crippen molar-refractivity contribution in [1.29, 1.82) is 0 Å². The number of likely N-dealkylation sites (N-methyl/N-ethyl adjacent to an activating group) is 1. The highest BCUT2D eigenvalue weighted by Crippen LogP contribution is 2.25. The van der Waals surface area contributed by atoms with Crippen molar-refractivity contribution in [3.05, 3.63) is 29.6 Å². The van der Waals surface area contributed by atoms with Gasteiger partial charge in [-0.1, -0.05) is 6.07 Å². The third-order valence-electron chi connectivity index (χ3n) is 4.47. The molecule has 1 fully saturated rings. The molecule has 1 amide bonds. The molecule has 3 heterocycles. The number of piperidine rings is 1. The number of anilines is 1. The Kier molecular flexibility index (Phi) is 5.99. The smallest absolute Gasteiger partial charge is 0.223 e. The van der Waals surface area contributed by atoms with Gasteiger partial charge in [-0.3, -0.25) is 4.79 Å². The normalized spacial score (nSPS) is 15.6. The van der Waals surface area contributed by atoms with Gasteiger partial charge in [-0.05, 0) is 50.5 Å². The van der Waals surface area contributed by atoms with Crippen molar-refractivity contribution in [1.82, 2.24) is 20.4 Å². The standard InChI is InChI=1S/C18H25N5OS/c1-22(2)12-9-19-18(24)14-7-10-23(11-8-14)17-6-5-15(20-21-17)16-4-3-13-25-16/h3-6,13-14H,7-12H2,1-2H3,(H,19,24). The zero-order valence-electron chi connectivity index (χ0n) is 14.8. The van der Waals surface area contributed by atoms with Crippen LogP contribution in [-0.2, 0) is 4.79 Å². The van der Waals surface area contributed by atoms with Crippen molar-refractivity contribution < 1.29 is 4.79 Å². The average Bonchev–Trinajstić information content (AvgIpc) is 3.16. The molecule has 0 atom stereocenters. The van der Waals surface area contributed by atoms with Gasteiger partial charge in [-0.2, -0.15) is 0 Å². The Morgan fingerprint density at radius 2 is 2.08 bits per heavy atom. The van der Waals surface area contributed by atoms with Gasteiger partial charge >= 0.3 is 0 Å². The molecule has 1 N–H and O–H groups in total. The first kappa shape index (κ1) is 17.8. The molecule has 7 heteroatoms. The van der Waals surface area contributed by atoms with E-state index in [1.165, 1.54) is 0 Å². The topological polar surface area (TPSA) is 61.4 Å². The fourth-order valence-corrected chi connectivity index (χ4v) is 3.66. The van der Waals surface area contributed by atoms with Gasteiger partial charge in [0.1, 0.15) is 5.69 Å². The number of thiophene rings is 1. The maximum atomic E-state index is 12.2. The van der Waals surface area contributed by atoms with Gasteiger partial charge in [0.15, 0.2) is 5.82 Å². The average molecular weight is 359 g/mol. The Labute approximate surface area is 152 Å². The van der Waals surface area contributed by atoms with E-state index in [4.69, 9.17) is 0 Å². The van der Waals surface area contributed by atoms with E-state index in [1.807, 2.05) is 37.7 Å². The number of hydrogen-bond donors (Lipinski definition) is 1. The first-order valence-electron chi connectivity index (χ1n) is 8.68. The number of hydrogen-bond acceptors (Lipinski definition) is 6. The van der Waals surface area contributed by atoms with Crippen molar-refractivity contribution in [3.8, 4) is 10.6 Å². The molecule has 3 rings (SSSR count). The zero-order valence-corrected chi connectivity index (χ0v) is 15.6. The van der Waals surface area contributed by atoms with E-state index in [-0.39, 0.29) is 11.8 Å². The van der Waals surface area contributed by atoms with E-state index in [2.05, 4.69) is 31.4 Å². The molecule has 0 saturated carbocycles. The molecule has 6 nitrogen and oxygen atoms in total. The molecule has 25 heavy (non-hydrogen) atoms. The SMILES string of the molecule is CN(C)CCNC(=O)C1CCN(c2ccc(-c3cccs3)nn2)CC1. The molecule has 1 aliphatic rings. The number of aromatic nitrogens is 2. The van der Waals surface area contributed by atoms with Crippen LogP contribution in [-0.4, -0.2) is 61.3 Å². The second-order valence-electron chi connectivity index (χ2n) is 6.61. The number of rotatable bonds is 6. The van der Waals surface area contributed by atoms with Gasteiger partial charge in [0, 0.05) is 32.1 Å². The lowest BCUT2D eigenvalue weighted by Gasteiger charge is -2.31. The highest BCUT2D eigenvalue weighted by Gasteiger charge is 2.25. The van der Waals surface area contributed by atoms with Crippen molar-refractivity contribution in [2.75, 3.05) is 45.2 Å². The minimum absolute atomic E-state index is 0.108. The predicted molar refractivity (Wildman–Crippen MR) is 102 cm³/mol. The van der Waals surface area contributed by atoms with Gasteiger partial charge in [-0.15, -0.1) is 21.5 Å². The van der Waals surface area contributed by atoms with Crippen LogP contribution >= 0.6 is 11.3 Å². The lowest BCUT2D eigenvalue weighted by molar-refractivity contribution is -0.125. The van der Waals surface area contributed by atoms with Crippen LogP contribution < -0.4 is 10.2 Å². The van der Waals surface area contributed by atoms with E-state index in [0.717, 1.165) is 48.9 Å². The molecular weight excluding hydrogens is 334 g/mol. The summed E-state index contributed by atoms with van der Waals surface area (Å²) >= 11 is 1.67. The first-order chi connectivity index (χ1) is 12.1. The summed E-state index contributed by atoms with van der Waals surface area (Å²) < 4.78 is 0. The van der Waals surface area contributed by atoms with E-state index < -0.39 is 0 Å². The Morgan fingerprint density at radius 1 is 1.28 bits per heavy atom. The van der Waals surface area contributed by atoms with Crippen LogP contribution in [0.1, 0.15) is 12.8 Å². The fourth-order valence-electron chi connectivity index (χ4n) is 2.97. The van der Waals surface area contributed by atoms with Gasteiger partial charge in [-0.25, -0.2) is 0 Å². The Balaban J connectivity index is 1.49. The molecule has 0 bridgehead atoms. The number of carbonyl (C=O) groups excluding carboxylic acids is 1. The molecule has 0 spiro atoms. The maximum absolute atomic E-state index is 12.2. The highest BCUT2D eigenvalue weighted by atomic mass is 32.1. The summed E-state index contributed by atoms with van der Waals surface area (Å²) in [4.78, 5) is 17.6. The van der Waals surface area contributed by atoms with E-state index >= 15 is 0 Å². The van der Waals surface area contributed by atoms with Crippen molar-refractivity contribution >= 4 is 23.1 Å². The van der Waals surface area contributed by atoms with Crippen LogP contribution in [0.2, 0.25) is 0 Å². The molecule has 0 aromatic carbocycles. The maximum Gasteiger partial charge on any atom is 0.223 e. The van der Waals surface area contributed by atoms with Gasteiger partial charge in [0.05, 0.1) is 4.88 Å². The van der Waals surface area contributed by atoms with Crippen LogP contribution in [0.15, 0.2) is 29.6 Å². The molecule has 134 valence electrons. The quantitative estimate of drug-likeness (QED) is 0.856. The summed E-state index contributed by atoms with van der Waals surface area (Å²) in [5, 5.41) is 13.8. The Hall–Kier alpha value is -1.99. The lowest BCUT2D eigenvalue weighted by atomic mass is 9.96. The summed E-state index contributed by atoms with van der Waals surface area (Å²) in [6.07, 6.45) is 1.73. The summed E-state index contributed by atoms with van der Waals surface area (Å²) in [6.45, 7) is 3.27. The third-order valence-corrected chi connectivity index (χ3v) is 5.36. The van der Waals surface area contributed by atoms with Crippen LogP contribution in [0.5, 0.6) is 0 Å². The fraction of sp³-hybridized carbons (Fsp3) is 0.500. The van der Waals surface area contributed by atoms with Crippen LogP contribution in [0.3, 0.4) is 0 Å². The Bertz CT molecular complexity index is 663. The largest absolute Gasteiger partial charge is 0.355 e.